The summed E-state index contributed by atoms with van der Waals surface area (Å²) >= 11 is 1.51. The molecule has 4 nitrogen and oxygen atoms in total. The van der Waals surface area contributed by atoms with Crippen LogP contribution in [0, 0.1) is 0 Å². The fourth-order valence-electron chi connectivity index (χ4n) is 1.65. The molecular weight excluding hydrogens is 198 g/mol. The van der Waals surface area contributed by atoms with Gasteiger partial charge in [-0.15, -0.1) is 11.3 Å². The first-order chi connectivity index (χ1) is 6.75. The zero-order valence-electron chi connectivity index (χ0n) is 7.82. The Morgan fingerprint density at radius 3 is 3.29 bits per heavy atom. The second-order valence-corrected chi connectivity index (χ2v) is 4.40. The minimum atomic E-state index is -0.315. The molecule has 1 atom stereocenters. The van der Waals surface area contributed by atoms with Crippen LogP contribution in [-0.4, -0.2) is 17.4 Å². The quantitative estimate of drug-likeness (QED) is 0.769. The summed E-state index contributed by atoms with van der Waals surface area (Å²) in [5.74, 6) is -0.315. The van der Waals surface area contributed by atoms with Crippen molar-refractivity contribution in [1.82, 2.24) is 10.3 Å². The standard InChI is InChI=1S/C9H13N3OS/c10-8(13)4-9-12-7(5-14-9)6-2-1-3-11-6/h5-6,11H,1-4H2,(H2,10,13)/t6-/m1/s1. The number of nitrogens with two attached hydrogens (primary N) is 1. The lowest BCUT2D eigenvalue weighted by molar-refractivity contribution is -0.117. The number of primary amides is 1. The van der Waals surface area contributed by atoms with Gasteiger partial charge in [-0.25, -0.2) is 4.98 Å². The summed E-state index contributed by atoms with van der Waals surface area (Å²) in [5, 5.41) is 6.20. The van der Waals surface area contributed by atoms with Crippen molar-refractivity contribution in [1.29, 1.82) is 0 Å². The highest BCUT2D eigenvalue weighted by molar-refractivity contribution is 7.09. The Morgan fingerprint density at radius 1 is 1.79 bits per heavy atom. The molecule has 14 heavy (non-hydrogen) atoms. The number of amides is 1. The van der Waals surface area contributed by atoms with Gasteiger partial charge in [-0.1, -0.05) is 0 Å². The third-order valence-corrected chi connectivity index (χ3v) is 3.18. The summed E-state index contributed by atoms with van der Waals surface area (Å²) in [7, 11) is 0. The molecule has 0 saturated carbocycles. The van der Waals surface area contributed by atoms with E-state index in [1.807, 2.05) is 5.38 Å². The van der Waals surface area contributed by atoms with Crippen LogP contribution in [-0.2, 0) is 11.2 Å². The normalized spacial score (nSPS) is 21.3. The molecule has 1 aliphatic rings. The van der Waals surface area contributed by atoms with Gasteiger partial charge in [-0.2, -0.15) is 0 Å². The van der Waals surface area contributed by atoms with Crippen LogP contribution in [0.4, 0.5) is 0 Å². The van der Waals surface area contributed by atoms with Crippen molar-refractivity contribution < 1.29 is 4.79 Å². The Kier molecular flexibility index (Phi) is 2.79. The second-order valence-electron chi connectivity index (χ2n) is 3.46. The Labute approximate surface area is 86.5 Å². The lowest BCUT2D eigenvalue weighted by atomic mass is 10.2. The molecule has 2 heterocycles. The molecule has 0 aromatic carbocycles. The topological polar surface area (TPSA) is 68.0 Å². The lowest BCUT2D eigenvalue weighted by Gasteiger charge is -2.04. The minimum absolute atomic E-state index is 0.261. The number of aromatic nitrogens is 1. The molecule has 1 saturated heterocycles. The predicted octanol–water partition coefficient (Wildman–Crippen LogP) is 0.595. The molecule has 5 heteroatoms. The van der Waals surface area contributed by atoms with Crippen molar-refractivity contribution in [3.05, 3.63) is 16.1 Å². The maximum Gasteiger partial charge on any atom is 0.224 e. The first kappa shape index (κ1) is 9.61. The van der Waals surface area contributed by atoms with E-state index in [1.165, 1.54) is 17.8 Å². The zero-order valence-corrected chi connectivity index (χ0v) is 8.64. The van der Waals surface area contributed by atoms with Crippen LogP contribution < -0.4 is 11.1 Å². The van der Waals surface area contributed by atoms with E-state index in [4.69, 9.17) is 5.73 Å². The van der Waals surface area contributed by atoms with Crippen molar-refractivity contribution in [2.24, 2.45) is 5.73 Å². The number of carbonyl (C=O) groups excluding carboxylic acids is 1. The van der Waals surface area contributed by atoms with E-state index in [1.54, 1.807) is 0 Å². The molecule has 3 N–H and O–H groups in total. The Morgan fingerprint density at radius 2 is 2.64 bits per heavy atom. The van der Waals surface area contributed by atoms with E-state index in [2.05, 4.69) is 10.3 Å². The van der Waals surface area contributed by atoms with E-state index in [0.29, 0.717) is 6.04 Å². The fraction of sp³-hybridized carbons (Fsp3) is 0.556. The van der Waals surface area contributed by atoms with E-state index in [9.17, 15) is 4.79 Å². The third-order valence-electron chi connectivity index (χ3n) is 2.31. The largest absolute Gasteiger partial charge is 0.369 e. The molecule has 0 unspecified atom stereocenters. The summed E-state index contributed by atoms with van der Waals surface area (Å²) in [4.78, 5) is 15.1. The predicted molar refractivity (Wildman–Crippen MR) is 55.0 cm³/mol. The van der Waals surface area contributed by atoms with Gasteiger partial charge in [0.25, 0.3) is 0 Å². The number of hydrogen-bond acceptors (Lipinski definition) is 4. The van der Waals surface area contributed by atoms with Crippen molar-refractivity contribution in [3.63, 3.8) is 0 Å². The van der Waals surface area contributed by atoms with Gasteiger partial charge in [0.05, 0.1) is 18.2 Å². The molecular formula is C9H13N3OS. The maximum absolute atomic E-state index is 10.7. The van der Waals surface area contributed by atoms with E-state index >= 15 is 0 Å². The van der Waals surface area contributed by atoms with Gasteiger partial charge >= 0.3 is 0 Å². The number of nitrogens with zero attached hydrogens (tertiary/aromatic N) is 1. The van der Waals surface area contributed by atoms with Crippen LogP contribution in [0.25, 0.3) is 0 Å². The summed E-state index contributed by atoms with van der Waals surface area (Å²) in [6.45, 7) is 1.06. The molecule has 0 bridgehead atoms. The summed E-state index contributed by atoms with van der Waals surface area (Å²) in [6.07, 6.45) is 2.60. The molecule has 1 aromatic heterocycles. The average Bonchev–Trinajstić information content (AvgIpc) is 2.69. The Hall–Kier alpha value is -0.940. The van der Waals surface area contributed by atoms with Crippen molar-refractivity contribution in [2.45, 2.75) is 25.3 Å². The van der Waals surface area contributed by atoms with Crippen LogP contribution in [0.3, 0.4) is 0 Å². The number of carbonyl (C=O) groups is 1. The average molecular weight is 211 g/mol. The Balaban J connectivity index is 2.05. The van der Waals surface area contributed by atoms with Crippen LogP contribution in [0.1, 0.15) is 29.6 Å². The van der Waals surface area contributed by atoms with Gasteiger partial charge in [0, 0.05) is 5.38 Å². The Bertz CT molecular complexity index is 331. The van der Waals surface area contributed by atoms with E-state index in [-0.39, 0.29) is 12.3 Å². The van der Waals surface area contributed by atoms with Gasteiger partial charge in [-0.05, 0) is 19.4 Å². The number of hydrogen-bond donors (Lipinski definition) is 2. The molecule has 1 fully saturated rings. The maximum atomic E-state index is 10.7. The van der Waals surface area contributed by atoms with E-state index < -0.39 is 0 Å². The van der Waals surface area contributed by atoms with Gasteiger partial charge in [0.2, 0.25) is 5.91 Å². The van der Waals surface area contributed by atoms with Gasteiger partial charge in [0.15, 0.2) is 0 Å². The fourth-order valence-corrected chi connectivity index (χ4v) is 2.51. The van der Waals surface area contributed by atoms with Gasteiger partial charge < -0.3 is 11.1 Å². The highest BCUT2D eigenvalue weighted by atomic mass is 32.1. The van der Waals surface area contributed by atoms with Crippen LogP contribution in [0.2, 0.25) is 0 Å². The highest BCUT2D eigenvalue weighted by Gasteiger charge is 2.18. The number of nitrogens with one attached hydrogen (secondary N) is 1. The van der Waals surface area contributed by atoms with Crippen molar-refractivity contribution >= 4 is 17.2 Å². The van der Waals surface area contributed by atoms with E-state index in [0.717, 1.165) is 23.7 Å². The van der Waals surface area contributed by atoms with Crippen molar-refractivity contribution in [3.8, 4) is 0 Å². The molecule has 1 aromatic rings. The molecule has 0 spiro atoms. The molecule has 76 valence electrons. The number of thiazole rings is 1. The van der Waals surface area contributed by atoms with Crippen LogP contribution in [0.5, 0.6) is 0 Å². The second kappa shape index (κ2) is 4.06. The van der Waals surface area contributed by atoms with Crippen LogP contribution >= 0.6 is 11.3 Å². The first-order valence-corrected chi connectivity index (χ1v) is 5.59. The van der Waals surface area contributed by atoms with Crippen molar-refractivity contribution in [2.75, 3.05) is 6.54 Å². The highest BCUT2D eigenvalue weighted by Crippen LogP contribution is 2.24. The number of rotatable bonds is 3. The van der Waals surface area contributed by atoms with Crippen LogP contribution in [0.15, 0.2) is 5.38 Å². The molecule has 0 radical (unpaired) electrons. The lowest BCUT2D eigenvalue weighted by Crippen LogP contribution is -2.15. The summed E-state index contributed by atoms with van der Waals surface area (Å²) in [5.41, 5.74) is 6.16. The SMILES string of the molecule is NC(=O)Cc1nc([C@H]2CCCN2)cs1. The zero-order chi connectivity index (χ0) is 9.97. The monoisotopic (exact) mass is 211 g/mol. The molecule has 2 rings (SSSR count). The van der Waals surface area contributed by atoms with Gasteiger partial charge in [0.1, 0.15) is 5.01 Å². The first-order valence-electron chi connectivity index (χ1n) is 4.71. The minimum Gasteiger partial charge on any atom is -0.369 e. The third kappa shape index (κ3) is 2.10. The molecule has 1 aliphatic heterocycles. The molecule has 0 aliphatic carbocycles. The van der Waals surface area contributed by atoms with Gasteiger partial charge in [-0.3, -0.25) is 4.79 Å². The summed E-state index contributed by atoms with van der Waals surface area (Å²) in [6, 6.07) is 0.382. The smallest absolute Gasteiger partial charge is 0.224 e. The molecule has 1 amide bonds. The summed E-state index contributed by atoms with van der Waals surface area (Å²) < 4.78 is 0.